The van der Waals surface area contributed by atoms with Crippen LogP contribution in [0.1, 0.15) is 18.0 Å². The van der Waals surface area contributed by atoms with Crippen molar-refractivity contribution in [1.29, 1.82) is 0 Å². The summed E-state index contributed by atoms with van der Waals surface area (Å²) in [7, 11) is 0. The molecule has 2 heterocycles. The maximum Gasteiger partial charge on any atom is 0.0458 e. The lowest BCUT2D eigenvalue weighted by Gasteiger charge is -2.06. The molecule has 0 saturated carbocycles. The minimum Gasteiger partial charge on any atom is -0.316 e. The van der Waals surface area contributed by atoms with Crippen LogP contribution in [0.3, 0.4) is 0 Å². The number of rotatable bonds is 1. The summed E-state index contributed by atoms with van der Waals surface area (Å²) < 4.78 is 1.12. The Morgan fingerprint density at radius 3 is 3.17 bits per heavy atom. The molecule has 1 aromatic rings. The van der Waals surface area contributed by atoms with Crippen LogP contribution in [0.25, 0.3) is 0 Å². The number of nitrogens with one attached hydrogen (secondary N) is 1. The lowest BCUT2D eigenvalue weighted by molar-refractivity contribution is 0.734. The third kappa shape index (κ3) is 1.67. The van der Waals surface area contributed by atoms with E-state index in [0.29, 0.717) is 5.92 Å². The van der Waals surface area contributed by atoms with Crippen LogP contribution >= 0.6 is 15.9 Å². The smallest absolute Gasteiger partial charge is 0.0458 e. The Bertz CT molecular complexity index is 269. The minimum atomic E-state index is 0.613. The van der Waals surface area contributed by atoms with E-state index in [4.69, 9.17) is 0 Å². The zero-order valence-corrected chi connectivity index (χ0v) is 8.34. The molecule has 0 amide bonds. The van der Waals surface area contributed by atoms with E-state index >= 15 is 0 Å². The van der Waals surface area contributed by atoms with Gasteiger partial charge in [-0.2, -0.15) is 0 Å². The van der Waals surface area contributed by atoms with Crippen LogP contribution in [0.4, 0.5) is 0 Å². The van der Waals surface area contributed by atoms with Gasteiger partial charge in [0.1, 0.15) is 0 Å². The van der Waals surface area contributed by atoms with E-state index in [0.717, 1.165) is 17.6 Å². The van der Waals surface area contributed by atoms with Crippen molar-refractivity contribution in [2.45, 2.75) is 12.3 Å². The molecule has 1 fully saturated rings. The normalized spacial score (nSPS) is 22.9. The average molecular weight is 227 g/mol. The quantitative estimate of drug-likeness (QED) is 0.792. The average Bonchev–Trinajstić information content (AvgIpc) is 2.56. The second-order valence-electron chi connectivity index (χ2n) is 3.09. The second-order valence-corrected chi connectivity index (χ2v) is 4.00. The number of hydrogen-bond donors (Lipinski definition) is 1. The highest BCUT2D eigenvalue weighted by atomic mass is 79.9. The van der Waals surface area contributed by atoms with Gasteiger partial charge in [0, 0.05) is 28.8 Å². The molecule has 0 aliphatic carbocycles. The first-order valence-corrected chi connectivity index (χ1v) is 4.98. The molecule has 1 aliphatic heterocycles. The van der Waals surface area contributed by atoms with Crippen molar-refractivity contribution in [2.75, 3.05) is 13.1 Å². The fraction of sp³-hybridized carbons (Fsp3) is 0.444. The number of hydrogen-bond acceptors (Lipinski definition) is 2. The monoisotopic (exact) mass is 226 g/mol. The number of nitrogens with zero attached hydrogens (tertiary/aromatic N) is 1. The molecule has 12 heavy (non-hydrogen) atoms. The van der Waals surface area contributed by atoms with Gasteiger partial charge in [-0.15, -0.1) is 0 Å². The van der Waals surface area contributed by atoms with E-state index in [1.165, 1.54) is 12.1 Å². The molecule has 1 aliphatic rings. The first-order valence-electron chi connectivity index (χ1n) is 4.18. The van der Waals surface area contributed by atoms with Crippen molar-refractivity contribution in [2.24, 2.45) is 0 Å². The summed E-state index contributed by atoms with van der Waals surface area (Å²) >= 11 is 3.45. The Labute approximate surface area is 80.5 Å². The van der Waals surface area contributed by atoms with E-state index in [2.05, 4.69) is 32.3 Å². The highest BCUT2D eigenvalue weighted by molar-refractivity contribution is 9.10. The molecular weight excluding hydrogens is 216 g/mol. The van der Waals surface area contributed by atoms with E-state index in [-0.39, 0.29) is 0 Å². The Hall–Kier alpha value is -0.410. The summed E-state index contributed by atoms with van der Waals surface area (Å²) in [6, 6.07) is 4.07. The molecule has 0 aromatic carbocycles. The molecule has 3 heteroatoms. The number of pyridine rings is 1. The van der Waals surface area contributed by atoms with E-state index in [9.17, 15) is 0 Å². The molecule has 0 spiro atoms. The topological polar surface area (TPSA) is 24.9 Å². The summed E-state index contributed by atoms with van der Waals surface area (Å²) in [5.74, 6) is 0.613. The molecule has 1 aromatic heterocycles. The molecule has 0 radical (unpaired) electrons. The Morgan fingerprint density at radius 2 is 2.50 bits per heavy atom. The molecule has 0 bridgehead atoms. The highest BCUT2D eigenvalue weighted by Crippen LogP contribution is 2.22. The zero-order chi connectivity index (χ0) is 8.39. The molecule has 2 nitrogen and oxygen atoms in total. The summed E-state index contributed by atoms with van der Waals surface area (Å²) in [5.41, 5.74) is 1.20. The molecule has 1 atom stereocenters. The van der Waals surface area contributed by atoms with Gasteiger partial charge < -0.3 is 5.32 Å². The molecule has 1 saturated heterocycles. The van der Waals surface area contributed by atoms with Crippen molar-refractivity contribution in [3.8, 4) is 0 Å². The predicted octanol–water partition coefficient (Wildman–Crippen LogP) is 1.92. The minimum absolute atomic E-state index is 0.613. The Balaban J connectivity index is 2.21. The van der Waals surface area contributed by atoms with Gasteiger partial charge in [-0.25, -0.2) is 0 Å². The summed E-state index contributed by atoms with van der Waals surface area (Å²) in [6.07, 6.45) is 3.07. The molecule has 0 unspecified atom stereocenters. The van der Waals surface area contributed by atoms with E-state index in [1.54, 1.807) is 0 Å². The van der Waals surface area contributed by atoms with Crippen LogP contribution in [0, 0.1) is 0 Å². The fourth-order valence-corrected chi connectivity index (χ4v) is 1.90. The second kappa shape index (κ2) is 3.54. The van der Waals surface area contributed by atoms with Crippen LogP contribution in [0.2, 0.25) is 0 Å². The van der Waals surface area contributed by atoms with Crippen molar-refractivity contribution >= 4 is 15.9 Å². The van der Waals surface area contributed by atoms with Crippen LogP contribution < -0.4 is 5.32 Å². The van der Waals surface area contributed by atoms with Gasteiger partial charge in [0.05, 0.1) is 0 Å². The van der Waals surface area contributed by atoms with Gasteiger partial charge in [-0.1, -0.05) is 15.9 Å². The first kappa shape index (κ1) is 8.20. The van der Waals surface area contributed by atoms with Crippen LogP contribution in [0.5, 0.6) is 0 Å². The SMILES string of the molecule is Brc1ccnc([C@@H]2CCNC2)c1. The van der Waals surface area contributed by atoms with Gasteiger partial charge >= 0.3 is 0 Å². The summed E-state index contributed by atoms with van der Waals surface area (Å²) in [5, 5.41) is 3.33. The molecule has 1 N–H and O–H groups in total. The fourth-order valence-electron chi connectivity index (χ4n) is 1.55. The Morgan fingerprint density at radius 1 is 1.58 bits per heavy atom. The maximum absolute atomic E-state index is 4.35. The van der Waals surface area contributed by atoms with Crippen molar-refractivity contribution < 1.29 is 0 Å². The van der Waals surface area contributed by atoms with Gasteiger partial charge in [0.25, 0.3) is 0 Å². The highest BCUT2D eigenvalue weighted by Gasteiger charge is 2.17. The van der Waals surface area contributed by atoms with Gasteiger partial charge in [0.2, 0.25) is 0 Å². The van der Waals surface area contributed by atoms with Gasteiger partial charge in [0.15, 0.2) is 0 Å². The standard InChI is InChI=1S/C9H11BrN2/c10-8-2-4-12-9(5-8)7-1-3-11-6-7/h2,4-5,7,11H,1,3,6H2/t7-/m1/s1. The van der Waals surface area contributed by atoms with E-state index in [1.807, 2.05) is 12.3 Å². The van der Waals surface area contributed by atoms with E-state index < -0.39 is 0 Å². The van der Waals surface area contributed by atoms with Gasteiger partial charge in [-0.3, -0.25) is 4.98 Å². The zero-order valence-electron chi connectivity index (χ0n) is 6.76. The van der Waals surface area contributed by atoms with Crippen LogP contribution in [-0.2, 0) is 0 Å². The largest absolute Gasteiger partial charge is 0.316 e. The van der Waals surface area contributed by atoms with Crippen molar-refractivity contribution in [3.63, 3.8) is 0 Å². The van der Waals surface area contributed by atoms with Gasteiger partial charge in [-0.05, 0) is 25.1 Å². The third-order valence-corrected chi connectivity index (χ3v) is 2.71. The van der Waals surface area contributed by atoms with Crippen molar-refractivity contribution in [1.82, 2.24) is 10.3 Å². The maximum atomic E-state index is 4.35. The number of halogens is 1. The van der Waals surface area contributed by atoms with Crippen molar-refractivity contribution in [3.05, 3.63) is 28.5 Å². The molecular formula is C9H11BrN2. The summed E-state index contributed by atoms with van der Waals surface area (Å²) in [4.78, 5) is 4.35. The molecule has 64 valence electrons. The lowest BCUT2D eigenvalue weighted by atomic mass is 10.0. The predicted molar refractivity (Wildman–Crippen MR) is 52.2 cm³/mol. The molecule has 2 rings (SSSR count). The third-order valence-electron chi connectivity index (χ3n) is 2.22. The Kier molecular flexibility index (Phi) is 2.42. The summed E-state index contributed by atoms with van der Waals surface area (Å²) in [6.45, 7) is 2.20. The number of aromatic nitrogens is 1. The first-order chi connectivity index (χ1) is 5.86. The van der Waals surface area contributed by atoms with Crippen LogP contribution in [-0.4, -0.2) is 18.1 Å². The lowest BCUT2D eigenvalue weighted by Crippen LogP contribution is -2.08. The van der Waals surface area contributed by atoms with Crippen LogP contribution in [0.15, 0.2) is 22.8 Å².